The Morgan fingerprint density at radius 2 is 1.94 bits per heavy atom. The number of nitrogens with zero attached hydrogens (tertiary/aromatic N) is 3. The molecule has 170 valence electrons. The fourth-order valence-corrected chi connectivity index (χ4v) is 3.69. The third kappa shape index (κ3) is 7.03. The van der Waals surface area contributed by atoms with E-state index in [0.29, 0.717) is 36.7 Å². The molecule has 1 heterocycles. The van der Waals surface area contributed by atoms with Gasteiger partial charge in [-0.3, -0.25) is 14.5 Å². The predicted octanol–water partition coefficient (Wildman–Crippen LogP) is 4.03. The Kier molecular flexibility index (Phi) is 9.01. The van der Waals surface area contributed by atoms with Gasteiger partial charge < -0.3 is 15.0 Å². The largest absolute Gasteiger partial charge is 0.494 e. The highest BCUT2D eigenvalue weighted by molar-refractivity contribution is 7.71. The second kappa shape index (κ2) is 12.2. The molecule has 3 rings (SSSR count). The van der Waals surface area contributed by atoms with Crippen molar-refractivity contribution in [1.29, 1.82) is 0 Å². The van der Waals surface area contributed by atoms with Crippen LogP contribution >= 0.6 is 12.2 Å². The number of carbonyl (C=O) groups is 1. The highest BCUT2D eigenvalue weighted by Crippen LogP contribution is 2.21. The normalized spacial score (nSPS) is 11.0. The van der Waals surface area contributed by atoms with Crippen LogP contribution in [0.1, 0.15) is 25.3 Å². The van der Waals surface area contributed by atoms with Gasteiger partial charge in [-0.25, -0.2) is 0 Å². The number of H-pyrrole nitrogens is 1. The molecule has 0 aliphatic heterocycles. The van der Waals surface area contributed by atoms with Crippen LogP contribution in [0.5, 0.6) is 5.75 Å². The summed E-state index contributed by atoms with van der Waals surface area (Å²) in [6, 6.07) is 18.1. The second-order valence-corrected chi connectivity index (χ2v) is 8.02. The van der Waals surface area contributed by atoms with Gasteiger partial charge in [-0.1, -0.05) is 30.3 Å². The molecular formula is C24H31N5O2S. The number of benzene rings is 2. The second-order valence-electron chi connectivity index (χ2n) is 7.64. The lowest BCUT2D eigenvalue weighted by molar-refractivity contribution is -0.121. The van der Waals surface area contributed by atoms with Crippen molar-refractivity contribution in [2.24, 2.45) is 0 Å². The Labute approximate surface area is 194 Å². The van der Waals surface area contributed by atoms with Gasteiger partial charge in [-0.05, 0) is 69.0 Å². The van der Waals surface area contributed by atoms with Gasteiger partial charge in [-0.15, -0.1) is 0 Å². The summed E-state index contributed by atoms with van der Waals surface area (Å²) in [6.07, 6.45) is 1.25. The summed E-state index contributed by atoms with van der Waals surface area (Å²) in [7, 11) is 2.10. The number of hydrogen-bond acceptors (Lipinski definition) is 5. The van der Waals surface area contributed by atoms with Gasteiger partial charge in [0.15, 0.2) is 10.6 Å². The minimum atomic E-state index is 0.0106. The molecule has 1 aromatic heterocycles. The van der Waals surface area contributed by atoms with Gasteiger partial charge in [0.2, 0.25) is 5.91 Å². The lowest BCUT2D eigenvalue weighted by atomic mass is 10.2. The summed E-state index contributed by atoms with van der Waals surface area (Å²) in [4.78, 5) is 14.6. The zero-order valence-electron chi connectivity index (χ0n) is 18.7. The van der Waals surface area contributed by atoms with Crippen molar-refractivity contribution in [3.05, 3.63) is 64.9 Å². The number of aromatic nitrogens is 3. The third-order valence-electron chi connectivity index (χ3n) is 5.08. The Bertz CT molecular complexity index is 1030. The Morgan fingerprint density at radius 3 is 2.66 bits per heavy atom. The lowest BCUT2D eigenvalue weighted by Crippen LogP contribution is -2.28. The van der Waals surface area contributed by atoms with E-state index in [1.54, 1.807) is 0 Å². The molecule has 0 atom stereocenters. The standard InChI is InChI=1S/C24H31N5O2S/c1-3-31-21-12-10-20(11-13-21)23-26-27-24(32)29(23)17-14-22(30)25-15-7-16-28(2)18-19-8-5-4-6-9-19/h4-6,8-13H,3,7,14-18H2,1-2H3,(H,25,30)(H,27,32). The number of aromatic amines is 1. The monoisotopic (exact) mass is 453 g/mol. The van der Waals surface area contributed by atoms with Crippen molar-refractivity contribution in [2.45, 2.75) is 32.9 Å². The summed E-state index contributed by atoms with van der Waals surface area (Å²) in [5, 5.41) is 10.2. The zero-order chi connectivity index (χ0) is 22.8. The Balaban J connectivity index is 1.43. The van der Waals surface area contributed by atoms with Crippen molar-refractivity contribution in [1.82, 2.24) is 25.0 Å². The van der Waals surface area contributed by atoms with E-state index in [9.17, 15) is 4.79 Å². The molecule has 0 unspecified atom stereocenters. The maximum absolute atomic E-state index is 12.3. The first-order chi connectivity index (χ1) is 15.6. The number of ether oxygens (including phenoxy) is 1. The van der Waals surface area contributed by atoms with Crippen LogP contribution in [0, 0.1) is 4.77 Å². The van der Waals surface area contributed by atoms with Crippen molar-refractivity contribution in [2.75, 3.05) is 26.7 Å². The maximum atomic E-state index is 12.3. The van der Waals surface area contributed by atoms with E-state index in [0.717, 1.165) is 30.8 Å². The molecule has 2 N–H and O–H groups in total. The minimum absolute atomic E-state index is 0.0106. The molecule has 32 heavy (non-hydrogen) atoms. The molecule has 0 saturated heterocycles. The van der Waals surface area contributed by atoms with Crippen LogP contribution in [0.25, 0.3) is 11.4 Å². The van der Waals surface area contributed by atoms with Gasteiger partial charge in [-0.2, -0.15) is 5.10 Å². The molecule has 0 aliphatic rings. The summed E-state index contributed by atoms with van der Waals surface area (Å²) < 4.78 is 7.85. The van der Waals surface area contributed by atoms with Crippen LogP contribution in [0.4, 0.5) is 0 Å². The van der Waals surface area contributed by atoms with Crippen LogP contribution in [-0.4, -0.2) is 52.3 Å². The Hall–Kier alpha value is -2.97. The smallest absolute Gasteiger partial charge is 0.221 e. The molecule has 1 amide bonds. The van der Waals surface area contributed by atoms with E-state index in [2.05, 4.69) is 51.7 Å². The van der Waals surface area contributed by atoms with Crippen LogP contribution in [0.15, 0.2) is 54.6 Å². The van der Waals surface area contributed by atoms with Gasteiger partial charge in [0.1, 0.15) is 5.75 Å². The minimum Gasteiger partial charge on any atom is -0.494 e. The number of nitrogens with one attached hydrogen (secondary N) is 2. The molecule has 3 aromatic rings. The first-order valence-corrected chi connectivity index (χ1v) is 11.3. The highest BCUT2D eigenvalue weighted by atomic mass is 32.1. The molecule has 2 aromatic carbocycles. The molecule has 8 heteroatoms. The average Bonchev–Trinajstić information content (AvgIpc) is 3.17. The SMILES string of the molecule is CCOc1ccc(-c2n[nH]c(=S)n2CCC(=O)NCCCN(C)Cc2ccccc2)cc1. The van der Waals surface area contributed by atoms with E-state index in [-0.39, 0.29) is 5.91 Å². The number of rotatable bonds is 12. The number of amides is 1. The van der Waals surface area contributed by atoms with Gasteiger partial charge in [0, 0.05) is 31.6 Å². The van der Waals surface area contributed by atoms with Gasteiger partial charge in [0.25, 0.3) is 0 Å². The fourth-order valence-electron chi connectivity index (χ4n) is 3.47. The Morgan fingerprint density at radius 1 is 1.19 bits per heavy atom. The van der Waals surface area contributed by atoms with Crippen molar-refractivity contribution in [3.63, 3.8) is 0 Å². The average molecular weight is 454 g/mol. The number of hydrogen-bond donors (Lipinski definition) is 2. The van der Waals surface area contributed by atoms with Gasteiger partial charge in [0.05, 0.1) is 6.61 Å². The fraction of sp³-hybridized carbons (Fsp3) is 0.375. The topological polar surface area (TPSA) is 75.2 Å². The predicted molar refractivity (Wildman–Crippen MR) is 129 cm³/mol. The summed E-state index contributed by atoms with van der Waals surface area (Å²) in [5.74, 6) is 1.54. The van der Waals surface area contributed by atoms with E-state index in [4.69, 9.17) is 17.0 Å². The summed E-state index contributed by atoms with van der Waals surface area (Å²) in [5.41, 5.74) is 2.21. The quantitative estimate of drug-likeness (QED) is 0.320. The van der Waals surface area contributed by atoms with Crippen molar-refractivity contribution in [3.8, 4) is 17.1 Å². The van der Waals surface area contributed by atoms with Crippen LogP contribution < -0.4 is 10.1 Å². The lowest BCUT2D eigenvalue weighted by Gasteiger charge is -2.16. The molecule has 0 bridgehead atoms. The highest BCUT2D eigenvalue weighted by Gasteiger charge is 2.11. The maximum Gasteiger partial charge on any atom is 0.221 e. The molecule has 0 saturated carbocycles. The first-order valence-electron chi connectivity index (χ1n) is 10.9. The van der Waals surface area contributed by atoms with Gasteiger partial charge >= 0.3 is 0 Å². The zero-order valence-corrected chi connectivity index (χ0v) is 19.5. The molecule has 0 fully saturated rings. The summed E-state index contributed by atoms with van der Waals surface area (Å²) >= 11 is 5.36. The van der Waals surface area contributed by atoms with Crippen LogP contribution in [0.3, 0.4) is 0 Å². The number of carbonyl (C=O) groups excluding carboxylic acids is 1. The van der Waals surface area contributed by atoms with E-state index in [1.807, 2.05) is 41.8 Å². The molecule has 7 nitrogen and oxygen atoms in total. The van der Waals surface area contributed by atoms with E-state index < -0.39 is 0 Å². The van der Waals surface area contributed by atoms with Crippen molar-refractivity contribution < 1.29 is 9.53 Å². The first kappa shape index (κ1) is 23.7. The molecule has 0 radical (unpaired) electrons. The molecule has 0 aliphatic carbocycles. The van der Waals surface area contributed by atoms with Crippen LogP contribution in [-0.2, 0) is 17.9 Å². The summed E-state index contributed by atoms with van der Waals surface area (Å²) in [6.45, 7) is 5.52. The van der Waals surface area contributed by atoms with Crippen molar-refractivity contribution >= 4 is 18.1 Å². The molecular weight excluding hydrogens is 422 g/mol. The molecule has 0 spiro atoms. The third-order valence-corrected chi connectivity index (χ3v) is 5.39. The van der Waals surface area contributed by atoms with E-state index >= 15 is 0 Å². The van der Waals surface area contributed by atoms with Crippen LogP contribution in [0.2, 0.25) is 0 Å². The van der Waals surface area contributed by atoms with E-state index in [1.165, 1.54) is 5.56 Å².